The molecule has 0 amide bonds. The number of hydrogen-bond donors (Lipinski definition) is 0. The largest absolute Gasteiger partial charge is 0.407 e. The Kier molecular flexibility index (Phi) is 4.25. The van der Waals surface area contributed by atoms with Crippen molar-refractivity contribution in [3.05, 3.63) is 35.4 Å². The molecule has 3 saturated heterocycles. The SMILES string of the molecule is C[SiH2]OC1(C#Cc2ccccc2C=O)CN2CCC1CC2. The van der Waals surface area contributed by atoms with Crippen molar-refractivity contribution in [1.29, 1.82) is 0 Å². The lowest BCUT2D eigenvalue weighted by Crippen LogP contribution is -2.60. The number of benzene rings is 1. The Hall–Kier alpha value is -1.41. The van der Waals surface area contributed by atoms with Crippen molar-refractivity contribution in [2.75, 3.05) is 19.6 Å². The van der Waals surface area contributed by atoms with Gasteiger partial charge in [-0.05, 0) is 32.0 Å². The van der Waals surface area contributed by atoms with Gasteiger partial charge in [0.15, 0.2) is 16.0 Å². The van der Waals surface area contributed by atoms with Crippen LogP contribution < -0.4 is 0 Å². The van der Waals surface area contributed by atoms with E-state index in [0.717, 1.165) is 18.4 Å². The van der Waals surface area contributed by atoms with Gasteiger partial charge in [0.1, 0.15) is 5.60 Å². The van der Waals surface area contributed by atoms with Gasteiger partial charge in [0.25, 0.3) is 0 Å². The van der Waals surface area contributed by atoms with Gasteiger partial charge in [-0.25, -0.2) is 0 Å². The Morgan fingerprint density at radius 1 is 1.38 bits per heavy atom. The number of carbonyl (C=O) groups excluding carboxylic acids is 1. The Morgan fingerprint density at radius 2 is 2.14 bits per heavy atom. The highest BCUT2D eigenvalue weighted by Gasteiger charge is 2.46. The summed E-state index contributed by atoms with van der Waals surface area (Å²) in [5, 5.41) is 0. The van der Waals surface area contributed by atoms with Crippen molar-refractivity contribution in [2.45, 2.75) is 25.0 Å². The van der Waals surface area contributed by atoms with Crippen LogP contribution in [0.25, 0.3) is 0 Å². The van der Waals surface area contributed by atoms with Crippen LogP contribution in [0.4, 0.5) is 0 Å². The van der Waals surface area contributed by atoms with E-state index in [1.807, 2.05) is 24.3 Å². The van der Waals surface area contributed by atoms with Crippen molar-refractivity contribution in [1.82, 2.24) is 4.90 Å². The van der Waals surface area contributed by atoms with E-state index < -0.39 is 9.76 Å². The Morgan fingerprint density at radius 3 is 2.76 bits per heavy atom. The quantitative estimate of drug-likeness (QED) is 0.481. The van der Waals surface area contributed by atoms with Crippen LogP contribution in [-0.2, 0) is 4.43 Å². The van der Waals surface area contributed by atoms with Crippen LogP contribution in [0, 0.1) is 17.8 Å². The molecule has 0 spiro atoms. The van der Waals surface area contributed by atoms with Gasteiger partial charge in [0.05, 0.1) is 0 Å². The van der Waals surface area contributed by atoms with E-state index in [1.54, 1.807) is 0 Å². The molecule has 2 bridgehead atoms. The zero-order chi connectivity index (χ0) is 14.7. The summed E-state index contributed by atoms with van der Waals surface area (Å²) in [5.74, 6) is 7.20. The molecule has 0 N–H and O–H groups in total. The van der Waals surface area contributed by atoms with Crippen LogP contribution in [0.1, 0.15) is 28.8 Å². The Labute approximate surface area is 128 Å². The normalized spacial score (nSPS) is 31.1. The molecule has 3 heterocycles. The van der Waals surface area contributed by atoms with Gasteiger partial charge in [0, 0.05) is 23.6 Å². The summed E-state index contributed by atoms with van der Waals surface area (Å²) in [6.07, 6.45) is 3.24. The van der Waals surface area contributed by atoms with E-state index in [-0.39, 0.29) is 5.60 Å². The number of aldehydes is 1. The number of carbonyl (C=O) groups is 1. The maximum atomic E-state index is 11.1. The molecule has 0 aliphatic carbocycles. The van der Waals surface area contributed by atoms with Crippen LogP contribution in [0.2, 0.25) is 6.55 Å². The zero-order valence-corrected chi connectivity index (χ0v) is 13.9. The summed E-state index contributed by atoms with van der Waals surface area (Å²) in [6.45, 7) is 5.44. The molecule has 3 fully saturated rings. The fourth-order valence-corrected chi connectivity index (χ4v) is 4.42. The lowest BCUT2D eigenvalue weighted by Gasteiger charge is -2.50. The minimum absolute atomic E-state index is 0.298. The number of piperidine rings is 3. The van der Waals surface area contributed by atoms with Gasteiger partial charge in [-0.2, -0.15) is 0 Å². The van der Waals surface area contributed by atoms with Crippen LogP contribution >= 0.6 is 0 Å². The summed E-state index contributed by atoms with van der Waals surface area (Å²) in [7, 11) is -0.522. The summed E-state index contributed by atoms with van der Waals surface area (Å²) in [5.41, 5.74) is 1.17. The lowest BCUT2D eigenvalue weighted by atomic mass is 9.75. The summed E-state index contributed by atoms with van der Waals surface area (Å²) in [6, 6.07) is 7.52. The average molecular weight is 299 g/mol. The molecule has 4 heteroatoms. The van der Waals surface area contributed by atoms with E-state index in [9.17, 15) is 4.79 Å². The number of rotatable bonds is 3. The number of hydrogen-bond acceptors (Lipinski definition) is 3. The van der Waals surface area contributed by atoms with Crippen molar-refractivity contribution in [3.63, 3.8) is 0 Å². The molecule has 110 valence electrons. The van der Waals surface area contributed by atoms with Crippen LogP contribution in [0.15, 0.2) is 24.3 Å². The predicted octanol–water partition coefficient (Wildman–Crippen LogP) is 1.46. The van der Waals surface area contributed by atoms with E-state index in [2.05, 4.69) is 23.3 Å². The van der Waals surface area contributed by atoms with Crippen molar-refractivity contribution in [3.8, 4) is 11.8 Å². The highest BCUT2D eigenvalue weighted by Crippen LogP contribution is 2.37. The number of nitrogens with zero attached hydrogens (tertiary/aromatic N) is 1. The molecular weight excluding hydrogens is 278 g/mol. The molecule has 3 nitrogen and oxygen atoms in total. The number of fused-ring (bicyclic) bond motifs is 3. The van der Waals surface area contributed by atoms with Gasteiger partial charge >= 0.3 is 0 Å². The molecule has 1 atom stereocenters. The van der Waals surface area contributed by atoms with Gasteiger partial charge in [-0.1, -0.05) is 36.6 Å². The molecule has 21 heavy (non-hydrogen) atoms. The fraction of sp³-hybridized carbons (Fsp3) is 0.471. The molecule has 4 rings (SSSR count). The van der Waals surface area contributed by atoms with Crippen molar-refractivity contribution in [2.24, 2.45) is 5.92 Å². The molecule has 1 aromatic rings. The molecular formula is C17H21NO2Si. The van der Waals surface area contributed by atoms with E-state index in [0.29, 0.717) is 11.5 Å². The Balaban J connectivity index is 1.93. The van der Waals surface area contributed by atoms with Crippen molar-refractivity contribution >= 4 is 16.0 Å². The van der Waals surface area contributed by atoms with Gasteiger partial charge in [0.2, 0.25) is 0 Å². The van der Waals surface area contributed by atoms with Gasteiger partial charge in [-0.15, -0.1) is 0 Å². The maximum Gasteiger partial charge on any atom is 0.160 e. The molecule has 1 aromatic carbocycles. The molecule has 3 aliphatic rings. The molecule has 0 saturated carbocycles. The molecule has 1 unspecified atom stereocenters. The van der Waals surface area contributed by atoms with E-state index in [4.69, 9.17) is 4.43 Å². The standard InChI is InChI=1S/C17H21NO2Si/c1-21-20-17(13-18-10-7-16(17)8-11-18)9-6-14-4-2-3-5-15(14)12-19/h2-5,12,16H,7-8,10-11,13,21H2,1H3. The zero-order valence-electron chi connectivity index (χ0n) is 12.5. The second-order valence-corrected chi connectivity index (χ2v) is 6.69. The van der Waals surface area contributed by atoms with Crippen LogP contribution in [-0.4, -0.2) is 46.2 Å². The smallest absolute Gasteiger partial charge is 0.160 e. The first-order valence-corrected chi connectivity index (χ1v) is 9.70. The van der Waals surface area contributed by atoms with E-state index >= 15 is 0 Å². The second kappa shape index (κ2) is 6.14. The minimum atomic E-state index is -0.522. The minimum Gasteiger partial charge on any atom is -0.407 e. The van der Waals surface area contributed by atoms with Gasteiger partial charge in [-0.3, -0.25) is 9.69 Å². The summed E-state index contributed by atoms with van der Waals surface area (Å²) < 4.78 is 6.23. The predicted molar refractivity (Wildman–Crippen MR) is 86.1 cm³/mol. The first kappa shape index (κ1) is 14.5. The first-order valence-electron chi connectivity index (χ1n) is 7.71. The molecule has 0 radical (unpaired) electrons. The topological polar surface area (TPSA) is 29.5 Å². The molecule has 3 aliphatic heterocycles. The Bertz CT molecular complexity index is 584. The van der Waals surface area contributed by atoms with E-state index in [1.165, 1.54) is 25.9 Å². The van der Waals surface area contributed by atoms with Gasteiger partial charge < -0.3 is 4.43 Å². The maximum absolute atomic E-state index is 11.1. The fourth-order valence-electron chi connectivity index (χ4n) is 3.50. The summed E-state index contributed by atoms with van der Waals surface area (Å²) in [4.78, 5) is 13.6. The van der Waals surface area contributed by atoms with Crippen LogP contribution in [0.5, 0.6) is 0 Å². The average Bonchev–Trinajstić information content (AvgIpc) is 2.54. The molecule has 0 aromatic heterocycles. The summed E-state index contributed by atoms with van der Waals surface area (Å²) >= 11 is 0. The van der Waals surface area contributed by atoms with Crippen molar-refractivity contribution < 1.29 is 9.22 Å². The highest BCUT2D eigenvalue weighted by atomic mass is 28.2. The lowest BCUT2D eigenvalue weighted by molar-refractivity contribution is -0.0530. The third-order valence-corrected chi connectivity index (χ3v) is 5.41. The third-order valence-electron chi connectivity index (χ3n) is 4.60. The third kappa shape index (κ3) is 2.82. The monoisotopic (exact) mass is 299 g/mol. The second-order valence-electron chi connectivity index (χ2n) is 5.83. The first-order chi connectivity index (χ1) is 10.3. The van der Waals surface area contributed by atoms with Crippen LogP contribution in [0.3, 0.4) is 0 Å². The highest BCUT2D eigenvalue weighted by molar-refractivity contribution is 6.25.